The SMILES string of the molecule is C.C.C.C.C.C.C.C.C.C.C.C.C.C.C1=Cc2cccc3cccc1c23.CC.CC.CC.CC.CC.CC.CC.CC.CC.CC.CC.CC.CC.CC.c1ccc(-c2c3ccccc3cc3ccccc23)cc1.c1ccc2c(c1)ccc1ccccc12.c1ccc2cc3c(ccc4ccccc43)cc2c1.c1ccc2cc3cc4ccccc4cc3cc2c1.c1ccc2cc3ccccc3cc2c1.c1ccc2ccccc2c1. The summed E-state index contributed by atoms with van der Waals surface area (Å²) >= 11 is 0. The number of benzene rings is 22. The highest BCUT2D eigenvalue weighted by Crippen LogP contribution is 2.38. The highest BCUT2D eigenvalue weighted by Gasteiger charge is 2.11. The van der Waals surface area contributed by atoms with E-state index in [0.717, 1.165) is 0 Å². The number of hydrogen-bond donors (Lipinski definition) is 0. The molecule has 0 heteroatoms. The Balaban J connectivity index is -0.000000139. The second-order valence-electron chi connectivity index (χ2n) is 27.0. The first-order valence-electron chi connectivity index (χ1n) is 50.5. The van der Waals surface area contributed by atoms with Gasteiger partial charge in [0.2, 0.25) is 0 Å². The molecular weight excluding hydrogens is 1780 g/mol. The van der Waals surface area contributed by atoms with E-state index in [0.29, 0.717) is 0 Å². The average Bonchev–Trinajstić information content (AvgIpc) is 1.06. The van der Waals surface area contributed by atoms with E-state index in [4.69, 9.17) is 0 Å². The van der Waals surface area contributed by atoms with Gasteiger partial charge in [-0.15, -0.1) is 0 Å². The fourth-order valence-electron chi connectivity index (χ4n) is 15.1. The molecule has 0 nitrogen and oxygen atoms in total. The van der Waals surface area contributed by atoms with E-state index in [1.165, 1.54) is 173 Å². The fraction of sp³-hybridized carbons (Fsp3) is 0.284. The van der Waals surface area contributed by atoms with Crippen molar-refractivity contribution in [2.45, 2.75) is 298 Å². The van der Waals surface area contributed by atoms with Crippen molar-refractivity contribution in [1.82, 2.24) is 0 Å². The van der Waals surface area contributed by atoms with Gasteiger partial charge in [0.15, 0.2) is 0 Å². The smallest absolute Gasteiger partial charge is 0.00268 e. The molecule has 0 bridgehead atoms. The molecule has 1 aliphatic rings. The maximum Gasteiger partial charge on any atom is -0.00268 e. The van der Waals surface area contributed by atoms with Crippen molar-refractivity contribution in [1.29, 1.82) is 0 Å². The minimum Gasteiger partial charge on any atom is -0.0776 e. The molecule has 0 heterocycles. The standard InChI is InChI=1S/C20H14.2C18H12.2C14H10.C12H8.C10H8.14C2H6.14CH4/c1-2-8-15(9-3-1)20-18-12-6-4-10-16(18)14-17-11-5-7-13-19(17)20;1-2-7-15-12-18-16(11-14(15)6-1)10-9-13-5-3-4-8-17(13)18;1-2-6-14-10-18-12-16-8-4-3-7-15(16)11-17(18)9-13(14)5-1;1-3-7-13-11(5-1)9-10-12-6-2-4-8-14(12)13;1-2-6-12-10-14-8-4-3-7-13(14)9-11(12)5-1;1-3-9-4-2-6-11-8-7-10(5-1)12(9)11;1-2-6-10-8-4-3-7-9(10)5-1;14*1-2;;;;;;;;;;;;;;/h1-14H;2*1-12H;2*1-10H;1-8H;1-8H;14*1-2H3;14*1H4. The zero-order valence-electron chi connectivity index (χ0n) is 86.7. The van der Waals surface area contributed by atoms with E-state index in [1.807, 2.05) is 194 Å². The molecule has 0 atom stereocenters. The monoisotopic (exact) mass is 1990 g/mol. The summed E-state index contributed by atoms with van der Waals surface area (Å²) in [6, 6.07) is 155. The Hall–Kier alpha value is -13.8. The van der Waals surface area contributed by atoms with Gasteiger partial charge in [0.25, 0.3) is 0 Å². The summed E-state index contributed by atoms with van der Waals surface area (Å²) in [7, 11) is 0. The molecule has 0 amide bonds. The van der Waals surface area contributed by atoms with Crippen LogP contribution in [0.1, 0.15) is 309 Å². The average molecular weight is 1990 g/mol. The fourth-order valence-corrected chi connectivity index (χ4v) is 15.1. The lowest BCUT2D eigenvalue weighted by atomic mass is 9.92. The van der Waals surface area contributed by atoms with Crippen molar-refractivity contribution in [3.63, 3.8) is 0 Å². The topological polar surface area (TPSA) is 0 Å². The molecule has 22 aromatic carbocycles. The summed E-state index contributed by atoms with van der Waals surface area (Å²) in [5, 5.41) is 36.9. The molecule has 0 spiro atoms. The summed E-state index contributed by atoms with van der Waals surface area (Å²) in [5.74, 6) is 0. The molecule has 0 N–H and O–H groups in total. The Kier molecular flexibility index (Phi) is 103. The molecule has 0 fully saturated rings. The van der Waals surface area contributed by atoms with Crippen LogP contribution in [-0.2, 0) is 0 Å². The van der Waals surface area contributed by atoms with Gasteiger partial charge in [0.05, 0.1) is 0 Å². The van der Waals surface area contributed by atoms with Crippen molar-refractivity contribution >= 4 is 163 Å². The molecule has 806 valence electrons. The number of fused-ring (bicyclic) bond motifs is 15. The van der Waals surface area contributed by atoms with Crippen molar-refractivity contribution in [2.75, 3.05) is 0 Å². The van der Waals surface area contributed by atoms with Crippen LogP contribution < -0.4 is 0 Å². The first-order chi connectivity index (χ1) is 66.5. The summed E-state index contributed by atoms with van der Waals surface area (Å²) in [5.41, 5.74) is 5.31. The lowest BCUT2D eigenvalue weighted by Gasteiger charge is -2.11. The zero-order valence-corrected chi connectivity index (χ0v) is 86.7. The normalized spacial score (nSPS) is 8.57. The Labute approximate surface area is 913 Å². The second kappa shape index (κ2) is 95.4. The highest BCUT2D eigenvalue weighted by atomic mass is 14.1. The van der Waals surface area contributed by atoms with Gasteiger partial charge in [-0.25, -0.2) is 0 Å². The molecule has 148 heavy (non-hydrogen) atoms. The maximum atomic E-state index is 2.30. The predicted octanol–water partition coefficient (Wildman–Crippen LogP) is 53.4. The van der Waals surface area contributed by atoms with Gasteiger partial charge in [0.1, 0.15) is 0 Å². The summed E-state index contributed by atoms with van der Waals surface area (Å²) in [4.78, 5) is 0. The van der Waals surface area contributed by atoms with Crippen LogP contribution >= 0.6 is 0 Å². The van der Waals surface area contributed by atoms with E-state index in [-0.39, 0.29) is 104 Å². The maximum absolute atomic E-state index is 2.30. The van der Waals surface area contributed by atoms with Crippen LogP contribution in [0.4, 0.5) is 0 Å². The number of rotatable bonds is 1. The summed E-state index contributed by atoms with van der Waals surface area (Å²) in [6.45, 7) is 56.0. The van der Waals surface area contributed by atoms with Gasteiger partial charge in [-0.05, 0) is 228 Å². The first-order valence-corrected chi connectivity index (χ1v) is 50.5. The van der Waals surface area contributed by atoms with E-state index in [1.54, 1.807) is 0 Å². The third-order valence-electron chi connectivity index (χ3n) is 20.4. The minimum atomic E-state index is 0. The lowest BCUT2D eigenvalue weighted by Crippen LogP contribution is -1.84. The van der Waals surface area contributed by atoms with Crippen molar-refractivity contribution in [2.24, 2.45) is 0 Å². The second-order valence-corrected chi connectivity index (χ2v) is 27.0. The van der Waals surface area contributed by atoms with E-state index in [2.05, 4.69) is 449 Å². The molecule has 0 saturated heterocycles. The van der Waals surface area contributed by atoms with Gasteiger partial charge in [-0.3, -0.25) is 0 Å². The third kappa shape index (κ3) is 44.9. The largest absolute Gasteiger partial charge is 0.0776 e. The summed E-state index contributed by atoms with van der Waals surface area (Å²) in [6.07, 6.45) is 4.36. The van der Waals surface area contributed by atoms with Crippen LogP contribution in [0, 0.1) is 0 Å². The van der Waals surface area contributed by atoms with Gasteiger partial charge >= 0.3 is 0 Å². The van der Waals surface area contributed by atoms with E-state index < -0.39 is 0 Å². The van der Waals surface area contributed by atoms with Crippen LogP contribution in [-0.4, -0.2) is 0 Å². The molecule has 0 aromatic heterocycles. The van der Waals surface area contributed by atoms with Crippen LogP contribution in [0.5, 0.6) is 0 Å². The van der Waals surface area contributed by atoms with Gasteiger partial charge < -0.3 is 0 Å². The van der Waals surface area contributed by atoms with Gasteiger partial charge in [-0.2, -0.15) is 0 Å². The third-order valence-corrected chi connectivity index (χ3v) is 20.4. The summed E-state index contributed by atoms with van der Waals surface area (Å²) < 4.78 is 0. The minimum absolute atomic E-state index is 0. The van der Waals surface area contributed by atoms with Crippen LogP contribution in [0.25, 0.3) is 174 Å². The quantitative estimate of drug-likeness (QED) is 0.114. The molecule has 0 saturated carbocycles. The Morgan fingerprint density at radius 1 is 0.101 bits per heavy atom. The van der Waals surface area contributed by atoms with E-state index >= 15 is 0 Å². The van der Waals surface area contributed by atoms with Crippen molar-refractivity contribution < 1.29 is 0 Å². The molecule has 0 unspecified atom stereocenters. The number of hydrogen-bond acceptors (Lipinski definition) is 0. The molecule has 22 aromatic rings. The van der Waals surface area contributed by atoms with E-state index in [9.17, 15) is 0 Å². The predicted molar refractivity (Wildman–Crippen MR) is 718 cm³/mol. The highest BCUT2D eigenvalue weighted by molar-refractivity contribution is 6.15. The van der Waals surface area contributed by atoms with Crippen LogP contribution in [0.15, 0.2) is 437 Å². The molecule has 0 aliphatic heterocycles. The molecular formula is C148H214. The Morgan fingerprint density at radius 3 is 0.520 bits per heavy atom. The first kappa shape index (κ1) is 159. The molecule has 23 rings (SSSR count). The molecule has 1 aliphatic carbocycles. The van der Waals surface area contributed by atoms with Gasteiger partial charge in [0, 0.05) is 0 Å². The molecule has 0 radical (unpaired) electrons. The van der Waals surface area contributed by atoms with Crippen LogP contribution in [0.3, 0.4) is 0 Å². The van der Waals surface area contributed by atoms with Crippen molar-refractivity contribution in [3.8, 4) is 11.1 Å². The lowest BCUT2D eigenvalue weighted by molar-refractivity contribution is 1.50. The van der Waals surface area contributed by atoms with Crippen molar-refractivity contribution in [3.05, 3.63) is 448 Å². The zero-order chi connectivity index (χ0) is 98.8. The van der Waals surface area contributed by atoms with Crippen LogP contribution in [0.2, 0.25) is 0 Å². The Morgan fingerprint density at radius 2 is 0.264 bits per heavy atom. The van der Waals surface area contributed by atoms with Gasteiger partial charge in [-0.1, -0.05) is 692 Å². The Bertz CT molecular complexity index is 6440.